The minimum absolute atomic E-state index is 0.0458. The summed E-state index contributed by atoms with van der Waals surface area (Å²) in [5.41, 5.74) is 5.33. The van der Waals surface area contributed by atoms with Gasteiger partial charge in [0.2, 0.25) is 0 Å². The highest BCUT2D eigenvalue weighted by Crippen LogP contribution is 2.43. The number of hydrogen-bond acceptors (Lipinski definition) is 8. The van der Waals surface area contributed by atoms with E-state index in [1.807, 2.05) is 0 Å². The first-order chi connectivity index (χ1) is 24.8. The van der Waals surface area contributed by atoms with Crippen molar-refractivity contribution in [3.63, 3.8) is 0 Å². The Hall–Kier alpha value is -2.03. The van der Waals surface area contributed by atoms with E-state index < -0.39 is 32.5 Å². The van der Waals surface area contributed by atoms with E-state index in [1.54, 1.807) is 0 Å². The van der Waals surface area contributed by atoms with Crippen molar-refractivity contribution in [2.24, 2.45) is 5.73 Å². The van der Waals surface area contributed by atoms with Gasteiger partial charge in [-0.15, -0.1) is 0 Å². The second kappa shape index (κ2) is 37.7. The van der Waals surface area contributed by atoms with E-state index in [0.717, 1.165) is 57.8 Å². The standard InChI is InChI=1S/C41H74NO8P/c1-3-5-7-9-11-13-15-17-19-21-23-25-27-29-31-33-40(43)47-37-39(38-49-51(45,46)48-36-35-42)50-41(44)34-32-30-28-26-24-22-20-18-16-14-12-10-8-6-4-2/h6,8,12,14,18,20,24,26,39H,3-5,7,9-11,13,15-17,19,21-23,25,27-38,42H2,1-2H3,(H,45,46). The van der Waals surface area contributed by atoms with Crippen molar-refractivity contribution in [1.29, 1.82) is 0 Å². The van der Waals surface area contributed by atoms with E-state index in [-0.39, 0.29) is 32.6 Å². The molecule has 2 unspecified atom stereocenters. The summed E-state index contributed by atoms with van der Waals surface area (Å²) in [5.74, 6) is -0.877. The van der Waals surface area contributed by atoms with Gasteiger partial charge in [0.25, 0.3) is 0 Å². The number of unbranched alkanes of at least 4 members (excludes halogenated alkanes) is 16. The molecule has 0 aliphatic carbocycles. The smallest absolute Gasteiger partial charge is 0.462 e. The Morgan fingerprint density at radius 1 is 0.608 bits per heavy atom. The lowest BCUT2D eigenvalue weighted by molar-refractivity contribution is -0.161. The zero-order valence-electron chi connectivity index (χ0n) is 32.3. The summed E-state index contributed by atoms with van der Waals surface area (Å²) >= 11 is 0. The van der Waals surface area contributed by atoms with Gasteiger partial charge in [-0.3, -0.25) is 18.6 Å². The van der Waals surface area contributed by atoms with Crippen LogP contribution < -0.4 is 5.73 Å². The van der Waals surface area contributed by atoms with E-state index in [2.05, 4.69) is 62.5 Å². The van der Waals surface area contributed by atoms with Crippen LogP contribution in [0.5, 0.6) is 0 Å². The number of nitrogens with two attached hydrogens (primary N) is 1. The van der Waals surface area contributed by atoms with Crippen molar-refractivity contribution >= 4 is 19.8 Å². The van der Waals surface area contributed by atoms with Crippen LogP contribution in [0.4, 0.5) is 0 Å². The highest BCUT2D eigenvalue weighted by molar-refractivity contribution is 7.47. The minimum atomic E-state index is -4.38. The first-order valence-electron chi connectivity index (χ1n) is 20.1. The van der Waals surface area contributed by atoms with Gasteiger partial charge in [0.1, 0.15) is 6.61 Å². The maximum absolute atomic E-state index is 12.5. The SMILES string of the molecule is CCC=CCC=CCC=CCC=CCCCCC(=O)OC(COC(=O)CCCCCCCCCCCCCCCCC)COP(=O)(O)OCCN. The van der Waals surface area contributed by atoms with Crippen molar-refractivity contribution in [2.75, 3.05) is 26.4 Å². The molecule has 0 fully saturated rings. The summed E-state index contributed by atoms with van der Waals surface area (Å²) in [6.45, 7) is 3.56. The van der Waals surface area contributed by atoms with Gasteiger partial charge < -0.3 is 20.1 Å². The van der Waals surface area contributed by atoms with Crippen molar-refractivity contribution in [3.05, 3.63) is 48.6 Å². The van der Waals surface area contributed by atoms with Gasteiger partial charge in [-0.1, -0.05) is 152 Å². The predicted molar refractivity (Wildman–Crippen MR) is 210 cm³/mol. The highest BCUT2D eigenvalue weighted by atomic mass is 31.2. The normalized spacial score (nSPS) is 13.9. The summed E-state index contributed by atoms with van der Waals surface area (Å²) < 4.78 is 32.7. The van der Waals surface area contributed by atoms with Crippen molar-refractivity contribution in [3.8, 4) is 0 Å². The Morgan fingerprint density at radius 3 is 1.61 bits per heavy atom. The molecule has 0 radical (unpaired) electrons. The van der Waals surface area contributed by atoms with Crippen LogP contribution in [0, 0.1) is 0 Å². The average molecular weight is 740 g/mol. The van der Waals surface area contributed by atoms with Crippen LogP contribution in [0.15, 0.2) is 48.6 Å². The van der Waals surface area contributed by atoms with Gasteiger partial charge in [-0.25, -0.2) is 4.57 Å². The molecular formula is C41H74NO8P. The molecule has 0 aliphatic rings. The maximum atomic E-state index is 12.5. The number of rotatable bonds is 37. The first kappa shape index (κ1) is 49.0. The Labute approximate surface area is 311 Å². The van der Waals surface area contributed by atoms with Crippen LogP contribution in [0.3, 0.4) is 0 Å². The van der Waals surface area contributed by atoms with E-state index in [1.165, 1.54) is 77.0 Å². The van der Waals surface area contributed by atoms with Crippen LogP contribution in [0.25, 0.3) is 0 Å². The molecule has 0 rings (SSSR count). The summed E-state index contributed by atoms with van der Waals surface area (Å²) in [5, 5.41) is 0. The summed E-state index contributed by atoms with van der Waals surface area (Å²) in [4.78, 5) is 34.8. The summed E-state index contributed by atoms with van der Waals surface area (Å²) in [6.07, 6.45) is 41.4. The molecule has 10 heteroatoms. The number of hydrogen-bond donors (Lipinski definition) is 2. The quantitative estimate of drug-likeness (QED) is 0.0276. The maximum Gasteiger partial charge on any atom is 0.472 e. The van der Waals surface area contributed by atoms with Crippen molar-refractivity contribution < 1.29 is 37.6 Å². The number of ether oxygens (including phenoxy) is 2. The predicted octanol–water partition coefficient (Wildman–Crippen LogP) is 11.2. The number of allylic oxidation sites excluding steroid dienone is 8. The molecule has 0 aliphatic heterocycles. The van der Waals surface area contributed by atoms with Gasteiger partial charge >= 0.3 is 19.8 Å². The number of esters is 2. The van der Waals surface area contributed by atoms with Gasteiger partial charge in [-0.2, -0.15) is 0 Å². The molecular weight excluding hydrogens is 665 g/mol. The number of carbonyl (C=O) groups is 2. The minimum Gasteiger partial charge on any atom is -0.462 e. The van der Waals surface area contributed by atoms with E-state index in [9.17, 15) is 19.0 Å². The lowest BCUT2D eigenvalue weighted by Gasteiger charge is -2.19. The van der Waals surface area contributed by atoms with Crippen LogP contribution in [0.2, 0.25) is 0 Å². The second-order valence-electron chi connectivity index (χ2n) is 13.1. The third kappa shape index (κ3) is 37.5. The molecule has 0 aromatic carbocycles. The molecule has 2 atom stereocenters. The number of phosphoric ester groups is 1. The zero-order chi connectivity index (χ0) is 37.5. The Bertz CT molecular complexity index is 981. The topological polar surface area (TPSA) is 134 Å². The Kier molecular flexibility index (Phi) is 36.2. The molecule has 0 heterocycles. The Morgan fingerprint density at radius 2 is 1.08 bits per heavy atom. The largest absolute Gasteiger partial charge is 0.472 e. The third-order valence-corrected chi connectivity index (χ3v) is 9.21. The zero-order valence-corrected chi connectivity index (χ0v) is 33.2. The lowest BCUT2D eigenvalue weighted by atomic mass is 10.0. The molecule has 0 bridgehead atoms. The number of phosphoric acid groups is 1. The average Bonchev–Trinajstić information content (AvgIpc) is 3.11. The fraction of sp³-hybridized carbons (Fsp3) is 0.756. The number of carbonyl (C=O) groups excluding carboxylic acids is 2. The monoisotopic (exact) mass is 740 g/mol. The molecule has 0 amide bonds. The first-order valence-corrected chi connectivity index (χ1v) is 21.6. The molecule has 0 saturated heterocycles. The van der Waals surface area contributed by atoms with Crippen LogP contribution in [-0.2, 0) is 32.7 Å². The van der Waals surface area contributed by atoms with Gasteiger partial charge in [0.05, 0.1) is 13.2 Å². The lowest BCUT2D eigenvalue weighted by Crippen LogP contribution is -2.29. The van der Waals surface area contributed by atoms with Gasteiger partial charge in [0, 0.05) is 19.4 Å². The van der Waals surface area contributed by atoms with Gasteiger partial charge in [0.15, 0.2) is 6.10 Å². The molecule has 3 N–H and O–H groups in total. The van der Waals surface area contributed by atoms with E-state index in [0.29, 0.717) is 6.42 Å². The summed E-state index contributed by atoms with van der Waals surface area (Å²) in [6, 6.07) is 0. The molecule has 0 saturated carbocycles. The van der Waals surface area contributed by atoms with Gasteiger partial charge in [-0.05, 0) is 51.4 Å². The third-order valence-electron chi connectivity index (χ3n) is 8.23. The van der Waals surface area contributed by atoms with E-state index >= 15 is 0 Å². The second-order valence-corrected chi connectivity index (χ2v) is 14.6. The molecule has 0 spiro atoms. The Balaban J connectivity index is 4.26. The molecule has 9 nitrogen and oxygen atoms in total. The van der Waals surface area contributed by atoms with Crippen molar-refractivity contribution in [2.45, 2.75) is 174 Å². The molecule has 0 aromatic rings. The van der Waals surface area contributed by atoms with Crippen LogP contribution >= 0.6 is 7.82 Å². The van der Waals surface area contributed by atoms with Crippen LogP contribution in [0.1, 0.15) is 168 Å². The molecule has 296 valence electrons. The van der Waals surface area contributed by atoms with Crippen LogP contribution in [-0.4, -0.2) is 49.3 Å². The van der Waals surface area contributed by atoms with Crippen molar-refractivity contribution in [1.82, 2.24) is 0 Å². The molecule has 51 heavy (non-hydrogen) atoms. The fourth-order valence-electron chi connectivity index (χ4n) is 5.27. The molecule has 0 aromatic heterocycles. The van der Waals surface area contributed by atoms with E-state index in [4.69, 9.17) is 24.3 Å². The summed E-state index contributed by atoms with van der Waals surface area (Å²) in [7, 11) is -4.38. The highest BCUT2D eigenvalue weighted by Gasteiger charge is 2.25. The fourth-order valence-corrected chi connectivity index (χ4v) is 6.04.